The van der Waals surface area contributed by atoms with Crippen LogP contribution >= 0.6 is 0 Å². The molecule has 1 heterocycles. The van der Waals surface area contributed by atoms with Gasteiger partial charge in [0.05, 0.1) is 0 Å². The predicted molar refractivity (Wildman–Crippen MR) is 66.0 cm³/mol. The molecule has 2 aromatic rings. The second kappa shape index (κ2) is 5.93. The average Bonchev–Trinajstić information content (AvgIpc) is 3.09. The van der Waals surface area contributed by atoms with Gasteiger partial charge in [-0.1, -0.05) is 59.8 Å². The Balaban J connectivity index is 0.00000133. The van der Waals surface area contributed by atoms with Crippen molar-refractivity contribution in [3.05, 3.63) is 72.1 Å². The van der Waals surface area contributed by atoms with Crippen molar-refractivity contribution in [2.75, 3.05) is 0 Å². The second-order valence-corrected chi connectivity index (χ2v) is 3.97. The van der Waals surface area contributed by atoms with Crippen LogP contribution in [0.15, 0.2) is 54.6 Å². The minimum absolute atomic E-state index is 0. The van der Waals surface area contributed by atoms with Gasteiger partial charge in [-0.05, 0) is 5.56 Å². The van der Waals surface area contributed by atoms with Gasteiger partial charge in [0.25, 0.3) is 0 Å². The van der Waals surface area contributed by atoms with Crippen molar-refractivity contribution in [1.82, 2.24) is 15.0 Å². The van der Waals surface area contributed by atoms with Gasteiger partial charge in [0.1, 0.15) is 5.91 Å². The van der Waals surface area contributed by atoms with Crippen molar-refractivity contribution in [3.8, 4) is 0 Å². The molecule has 1 aliphatic rings. The first-order valence-corrected chi connectivity index (χ1v) is 5.64. The Labute approximate surface area is 126 Å². The Hall–Kier alpha value is -1.75. The second-order valence-electron chi connectivity index (χ2n) is 3.97. The number of hydrogen-bond donors (Lipinski definition) is 0. The van der Waals surface area contributed by atoms with E-state index in [-0.39, 0.29) is 34.2 Å². The SMILES string of the molecule is O=C(c1ccccc1)n1[c-]c(C2C=CC=C2)nn1.[Au+]. The minimum Gasteiger partial charge on any atom is -0.380 e. The number of benzene rings is 1. The first kappa shape index (κ1) is 13.7. The fourth-order valence-electron chi connectivity index (χ4n) is 1.80. The first-order valence-electron chi connectivity index (χ1n) is 5.64. The summed E-state index contributed by atoms with van der Waals surface area (Å²) in [7, 11) is 0. The molecule has 0 amide bonds. The van der Waals surface area contributed by atoms with E-state index in [9.17, 15) is 4.79 Å². The van der Waals surface area contributed by atoms with E-state index < -0.39 is 0 Å². The molecule has 98 valence electrons. The average molecular weight is 433 g/mol. The van der Waals surface area contributed by atoms with Gasteiger partial charge in [-0.15, -0.1) is 6.20 Å². The number of hydrogen-bond acceptors (Lipinski definition) is 3. The molecule has 0 saturated carbocycles. The van der Waals surface area contributed by atoms with E-state index in [1.807, 2.05) is 42.5 Å². The Kier molecular flexibility index (Phi) is 4.27. The molecule has 0 atom stereocenters. The molecular weight excluding hydrogens is 423 g/mol. The molecule has 0 unspecified atom stereocenters. The zero-order valence-electron chi connectivity index (χ0n) is 9.82. The predicted octanol–water partition coefficient (Wildman–Crippen LogP) is 1.97. The number of nitrogens with zero attached hydrogens (tertiary/aromatic N) is 3. The number of carbonyl (C=O) groups is 1. The zero-order valence-corrected chi connectivity index (χ0v) is 12.0. The largest absolute Gasteiger partial charge is 1.00 e. The van der Waals surface area contributed by atoms with Gasteiger partial charge in [0.15, 0.2) is 0 Å². The molecule has 1 aromatic heterocycles. The summed E-state index contributed by atoms with van der Waals surface area (Å²) in [5.74, 6) is -0.150. The van der Waals surface area contributed by atoms with Crippen LogP contribution in [0.4, 0.5) is 0 Å². The van der Waals surface area contributed by atoms with E-state index in [0.717, 1.165) is 4.68 Å². The van der Waals surface area contributed by atoms with E-state index in [1.165, 1.54) is 0 Å². The Morgan fingerprint density at radius 2 is 1.84 bits per heavy atom. The summed E-state index contributed by atoms with van der Waals surface area (Å²) in [6.45, 7) is 0. The maximum atomic E-state index is 12.1. The summed E-state index contributed by atoms with van der Waals surface area (Å²) in [6.07, 6.45) is 10.7. The fraction of sp³-hybridized carbons (Fsp3) is 0.0714. The van der Waals surface area contributed by atoms with E-state index >= 15 is 0 Å². The quantitative estimate of drug-likeness (QED) is 0.538. The fourth-order valence-corrected chi connectivity index (χ4v) is 1.80. The molecule has 0 N–H and O–H groups in total. The maximum Gasteiger partial charge on any atom is 1.00 e. The van der Waals surface area contributed by atoms with Crippen LogP contribution in [0.2, 0.25) is 0 Å². The van der Waals surface area contributed by atoms with Crippen molar-refractivity contribution in [3.63, 3.8) is 0 Å². The molecule has 5 heteroatoms. The smallest absolute Gasteiger partial charge is 0.380 e. The molecule has 1 aromatic carbocycles. The molecule has 19 heavy (non-hydrogen) atoms. The van der Waals surface area contributed by atoms with Gasteiger partial charge in [0, 0.05) is 11.6 Å². The van der Waals surface area contributed by atoms with Gasteiger partial charge in [0.2, 0.25) is 0 Å². The third-order valence-electron chi connectivity index (χ3n) is 2.74. The summed E-state index contributed by atoms with van der Waals surface area (Å²) < 4.78 is 1.16. The molecule has 0 saturated heterocycles. The third kappa shape index (κ3) is 2.81. The van der Waals surface area contributed by atoms with Crippen molar-refractivity contribution in [2.24, 2.45) is 0 Å². The van der Waals surface area contributed by atoms with Crippen LogP contribution in [-0.4, -0.2) is 20.9 Å². The molecule has 1 aliphatic carbocycles. The van der Waals surface area contributed by atoms with Crippen LogP contribution in [0.5, 0.6) is 0 Å². The topological polar surface area (TPSA) is 47.8 Å². The summed E-state index contributed by atoms with van der Waals surface area (Å²) in [5, 5.41) is 7.81. The number of carbonyl (C=O) groups excluding carboxylic acids is 1. The summed E-state index contributed by atoms with van der Waals surface area (Å²) in [4.78, 5) is 12.1. The van der Waals surface area contributed by atoms with Gasteiger partial charge in [-0.25, -0.2) is 0 Å². The van der Waals surface area contributed by atoms with Crippen LogP contribution in [0, 0.1) is 6.20 Å². The Morgan fingerprint density at radius 1 is 1.16 bits per heavy atom. The third-order valence-corrected chi connectivity index (χ3v) is 2.74. The van der Waals surface area contributed by atoms with Crippen molar-refractivity contribution >= 4 is 5.91 Å². The molecule has 0 spiro atoms. The maximum absolute atomic E-state index is 12.1. The summed E-state index contributed by atoms with van der Waals surface area (Å²) >= 11 is 0. The number of rotatable bonds is 2. The van der Waals surface area contributed by atoms with Gasteiger partial charge in [-0.2, -0.15) is 5.10 Å². The van der Waals surface area contributed by atoms with Crippen LogP contribution in [-0.2, 0) is 22.4 Å². The van der Waals surface area contributed by atoms with Gasteiger partial charge < -0.3 is 9.48 Å². The Bertz CT molecular complexity index is 619. The van der Waals surface area contributed by atoms with Crippen LogP contribution in [0.3, 0.4) is 0 Å². The molecular formula is C14H10AuN3O. The monoisotopic (exact) mass is 433 g/mol. The summed E-state index contributed by atoms with van der Waals surface area (Å²) in [5.41, 5.74) is 1.23. The molecule has 0 bridgehead atoms. The van der Waals surface area contributed by atoms with Crippen molar-refractivity contribution < 1.29 is 27.2 Å². The van der Waals surface area contributed by atoms with Crippen LogP contribution < -0.4 is 0 Å². The molecule has 4 nitrogen and oxygen atoms in total. The van der Waals surface area contributed by atoms with Crippen LogP contribution in [0.1, 0.15) is 22.0 Å². The Morgan fingerprint density at radius 3 is 2.53 bits per heavy atom. The van der Waals surface area contributed by atoms with Gasteiger partial charge >= 0.3 is 22.4 Å². The van der Waals surface area contributed by atoms with E-state index in [2.05, 4.69) is 16.5 Å². The normalized spacial score (nSPS) is 13.5. The minimum atomic E-state index is -0.222. The van der Waals surface area contributed by atoms with E-state index in [4.69, 9.17) is 0 Å². The van der Waals surface area contributed by atoms with Crippen molar-refractivity contribution in [2.45, 2.75) is 5.92 Å². The number of aromatic nitrogens is 3. The molecule has 0 radical (unpaired) electrons. The number of allylic oxidation sites excluding steroid dienone is 4. The van der Waals surface area contributed by atoms with Crippen LogP contribution in [0.25, 0.3) is 0 Å². The standard InChI is InChI=1S/C14H10N3O.Au/c18-14(12-8-2-1-3-9-12)17-10-13(15-16-17)11-6-4-5-7-11;/h1-9,11H;/q-1;+1. The first-order chi connectivity index (χ1) is 8.84. The van der Waals surface area contributed by atoms with E-state index in [1.54, 1.807) is 12.1 Å². The molecule has 0 fully saturated rings. The zero-order chi connectivity index (χ0) is 12.4. The van der Waals surface area contributed by atoms with Crippen molar-refractivity contribution in [1.29, 1.82) is 0 Å². The molecule has 0 aliphatic heterocycles. The van der Waals surface area contributed by atoms with E-state index in [0.29, 0.717) is 11.3 Å². The van der Waals surface area contributed by atoms with Gasteiger partial charge in [-0.3, -0.25) is 0 Å². The summed E-state index contributed by atoms with van der Waals surface area (Å²) in [6, 6.07) is 8.97. The molecule has 3 rings (SSSR count).